The molecule has 0 spiro atoms. The minimum atomic E-state index is -0.0857. The van der Waals surface area contributed by atoms with Crippen molar-refractivity contribution in [2.75, 3.05) is 32.8 Å². The van der Waals surface area contributed by atoms with E-state index in [1.54, 1.807) is 0 Å². The lowest BCUT2D eigenvalue weighted by Gasteiger charge is -2.29. The summed E-state index contributed by atoms with van der Waals surface area (Å²) in [5.74, 6) is 0. The van der Waals surface area contributed by atoms with Crippen LogP contribution in [-0.2, 0) is 0 Å². The van der Waals surface area contributed by atoms with Crippen LogP contribution < -0.4 is 5.32 Å². The number of likely N-dealkylation sites (tertiary alicyclic amines) is 1. The van der Waals surface area contributed by atoms with Crippen LogP contribution in [0.5, 0.6) is 0 Å². The molecule has 1 heterocycles. The SMILES string of the molecule is CCCNC(C)(CO)CCCCN1CCC(CC)(CC)C1. The Balaban J connectivity index is 2.22. The van der Waals surface area contributed by atoms with Crippen LogP contribution in [0.25, 0.3) is 0 Å². The molecule has 0 aromatic rings. The smallest absolute Gasteiger partial charge is 0.0610 e. The van der Waals surface area contributed by atoms with E-state index in [1.165, 1.54) is 51.7 Å². The molecule has 0 aromatic heterocycles. The predicted octanol–water partition coefficient (Wildman–Crippen LogP) is 3.42. The third kappa shape index (κ3) is 5.88. The normalized spacial score (nSPS) is 21.6. The lowest BCUT2D eigenvalue weighted by Crippen LogP contribution is -2.46. The first kappa shape index (κ1) is 18.9. The number of nitrogens with zero attached hydrogens (tertiary/aromatic N) is 1. The number of nitrogens with one attached hydrogen (secondary N) is 1. The van der Waals surface area contributed by atoms with Crippen LogP contribution >= 0.6 is 0 Å². The van der Waals surface area contributed by atoms with E-state index in [1.807, 2.05) is 0 Å². The van der Waals surface area contributed by atoms with Gasteiger partial charge in [0.25, 0.3) is 0 Å². The predicted molar refractivity (Wildman–Crippen MR) is 91.7 cm³/mol. The number of hydrogen-bond donors (Lipinski definition) is 2. The molecule has 0 aliphatic carbocycles. The standard InChI is InChI=1S/C18H38N2O/c1-5-12-19-17(4,16-21)10-8-9-13-20-14-11-18(6-2,7-3)15-20/h19,21H,5-16H2,1-4H3. The molecule has 0 saturated carbocycles. The van der Waals surface area contributed by atoms with Crippen molar-refractivity contribution in [3.05, 3.63) is 0 Å². The molecule has 1 atom stereocenters. The first-order valence-electron chi connectivity index (χ1n) is 9.11. The Hall–Kier alpha value is -0.120. The summed E-state index contributed by atoms with van der Waals surface area (Å²) in [6.45, 7) is 14.1. The maximum absolute atomic E-state index is 9.58. The van der Waals surface area contributed by atoms with Gasteiger partial charge in [-0.2, -0.15) is 0 Å². The molecule has 1 fully saturated rings. The van der Waals surface area contributed by atoms with E-state index in [9.17, 15) is 5.11 Å². The Morgan fingerprint density at radius 1 is 1.19 bits per heavy atom. The van der Waals surface area contributed by atoms with Gasteiger partial charge in [0.05, 0.1) is 6.61 Å². The zero-order valence-corrected chi connectivity index (χ0v) is 14.9. The van der Waals surface area contributed by atoms with E-state index >= 15 is 0 Å². The minimum absolute atomic E-state index is 0.0857. The van der Waals surface area contributed by atoms with E-state index in [4.69, 9.17) is 0 Å². The van der Waals surface area contributed by atoms with Crippen molar-refractivity contribution in [2.24, 2.45) is 5.41 Å². The molecule has 126 valence electrons. The fraction of sp³-hybridized carbons (Fsp3) is 1.00. The lowest BCUT2D eigenvalue weighted by molar-refractivity contribution is 0.161. The van der Waals surface area contributed by atoms with Gasteiger partial charge < -0.3 is 15.3 Å². The van der Waals surface area contributed by atoms with E-state index in [2.05, 4.69) is 37.9 Å². The molecule has 1 aliphatic heterocycles. The molecule has 0 bridgehead atoms. The van der Waals surface area contributed by atoms with Crippen LogP contribution in [0.4, 0.5) is 0 Å². The van der Waals surface area contributed by atoms with Gasteiger partial charge in [0.1, 0.15) is 0 Å². The molecule has 1 unspecified atom stereocenters. The number of aliphatic hydroxyl groups excluding tert-OH is 1. The van der Waals surface area contributed by atoms with Gasteiger partial charge in [-0.05, 0) is 70.5 Å². The van der Waals surface area contributed by atoms with Crippen LogP contribution in [-0.4, -0.2) is 48.3 Å². The van der Waals surface area contributed by atoms with Crippen molar-refractivity contribution in [1.82, 2.24) is 10.2 Å². The molecule has 3 nitrogen and oxygen atoms in total. The average Bonchev–Trinajstić information content (AvgIpc) is 2.94. The van der Waals surface area contributed by atoms with Crippen LogP contribution in [0.1, 0.15) is 72.6 Å². The first-order valence-corrected chi connectivity index (χ1v) is 9.11. The van der Waals surface area contributed by atoms with E-state index in [0.717, 1.165) is 19.4 Å². The van der Waals surface area contributed by atoms with Crippen LogP contribution in [0.15, 0.2) is 0 Å². The van der Waals surface area contributed by atoms with Crippen molar-refractivity contribution in [2.45, 2.75) is 78.2 Å². The van der Waals surface area contributed by atoms with E-state index < -0.39 is 0 Å². The molecular weight excluding hydrogens is 260 g/mol. The zero-order chi connectivity index (χ0) is 15.8. The fourth-order valence-corrected chi connectivity index (χ4v) is 3.55. The second-order valence-electron chi connectivity index (χ2n) is 7.34. The number of hydrogen-bond acceptors (Lipinski definition) is 3. The molecule has 2 N–H and O–H groups in total. The first-order chi connectivity index (χ1) is 10.0. The van der Waals surface area contributed by atoms with E-state index in [-0.39, 0.29) is 12.1 Å². The molecule has 21 heavy (non-hydrogen) atoms. The fourth-order valence-electron chi connectivity index (χ4n) is 3.55. The van der Waals surface area contributed by atoms with Crippen molar-refractivity contribution in [1.29, 1.82) is 0 Å². The van der Waals surface area contributed by atoms with Crippen molar-refractivity contribution in [3.8, 4) is 0 Å². The highest BCUT2D eigenvalue weighted by molar-refractivity contribution is 4.88. The summed E-state index contributed by atoms with van der Waals surface area (Å²) in [6, 6.07) is 0. The summed E-state index contributed by atoms with van der Waals surface area (Å²) in [4.78, 5) is 2.66. The molecular formula is C18H38N2O. The highest BCUT2D eigenvalue weighted by Crippen LogP contribution is 2.36. The zero-order valence-electron chi connectivity index (χ0n) is 14.9. The monoisotopic (exact) mass is 298 g/mol. The van der Waals surface area contributed by atoms with Gasteiger partial charge in [-0.3, -0.25) is 0 Å². The van der Waals surface area contributed by atoms with Crippen LogP contribution in [0.3, 0.4) is 0 Å². The Bertz CT molecular complexity index is 278. The van der Waals surface area contributed by atoms with Crippen molar-refractivity contribution < 1.29 is 5.11 Å². The molecule has 1 rings (SSSR count). The Morgan fingerprint density at radius 3 is 2.43 bits per heavy atom. The van der Waals surface area contributed by atoms with Gasteiger partial charge in [0.15, 0.2) is 0 Å². The third-order valence-corrected chi connectivity index (χ3v) is 5.62. The Morgan fingerprint density at radius 2 is 1.90 bits per heavy atom. The number of unbranched alkanes of at least 4 members (excludes halogenated alkanes) is 1. The minimum Gasteiger partial charge on any atom is -0.394 e. The third-order valence-electron chi connectivity index (χ3n) is 5.62. The number of rotatable bonds is 11. The van der Waals surface area contributed by atoms with Gasteiger partial charge in [0, 0.05) is 12.1 Å². The largest absolute Gasteiger partial charge is 0.394 e. The van der Waals surface area contributed by atoms with Gasteiger partial charge in [-0.1, -0.05) is 27.2 Å². The van der Waals surface area contributed by atoms with Gasteiger partial charge >= 0.3 is 0 Å². The maximum Gasteiger partial charge on any atom is 0.0610 e. The lowest BCUT2D eigenvalue weighted by atomic mass is 9.82. The number of aliphatic hydroxyl groups is 1. The topological polar surface area (TPSA) is 35.5 Å². The van der Waals surface area contributed by atoms with E-state index in [0.29, 0.717) is 5.41 Å². The second-order valence-corrected chi connectivity index (χ2v) is 7.34. The van der Waals surface area contributed by atoms with Gasteiger partial charge in [-0.25, -0.2) is 0 Å². The molecule has 0 amide bonds. The van der Waals surface area contributed by atoms with Crippen molar-refractivity contribution >= 4 is 0 Å². The molecule has 0 aromatic carbocycles. The summed E-state index contributed by atoms with van der Waals surface area (Å²) in [7, 11) is 0. The van der Waals surface area contributed by atoms with Gasteiger partial charge in [-0.15, -0.1) is 0 Å². The van der Waals surface area contributed by atoms with Crippen molar-refractivity contribution in [3.63, 3.8) is 0 Å². The highest BCUT2D eigenvalue weighted by Gasteiger charge is 2.34. The Kier molecular flexibility index (Phi) is 8.22. The Labute approximate surface area is 132 Å². The summed E-state index contributed by atoms with van der Waals surface area (Å²) in [6.07, 6.45) is 8.69. The van der Waals surface area contributed by atoms with Crippen LogP contribution in [0, 0.1) is 5.41 Å². The molecule has 0 radical (unpaired) electrons. The van der Waals surface area contributed by atoms with Gasteiger partial charge in [0.2, 0.25) is 0 Å². The maximum atomic E-state index is 9.58. The summed E-state index contributed by atoms with van der Waals surface area (Å²) in [5.41, 5.74) is 0.514. The molecule has 3 heteroatoms. The molecule has 1 aliphatic rings. The molecule has 1 saturated heterocycles. The summed E-state index contributed by atoms with van der Waals surface area (Å²) in [5, 5.41) is 13.1. The summed E-state index contributed by atoms with van der Waals surface area (Å²) < 4.78 is 0. The highest BCUT2D eigenvalue weighted by atomic mass is 16.3. The average molecular weight is 299 g/mol. The quantitative estimate of drug-likeness (QED) is 0.574. The summed E-state index contributed by atoms with van der Waals surface area (Å²) >= 11 is 0. The second kappa shape index (κ2) is 9.12. The van der Waals surface area contributed by atoms with Crippen LogP contribution in [0.2, 0.25) is 0 Å².